The number of ether oxygens (including phenoxy) is 5. The molecule has 7 heteroatoms. The van der Waals surface area contributed by atoms with E-state index in [1.165, 1.54) is 0 Å². The van der Waals surface area contributed by atoms with Crippen molar-refractivity contribution in [1.29, 1.82) is 0 Å². The molecule has 1 aliphatic rings. The van der Waals surface area contributed by atoms with Crippen LogP contribution in [-0.4, -0.2) is 25.2 Å². The molecule has 0 fully saturated rings. The van der Waals surface area contributed by atoms with Crippen molar-refractivity contribution in [1.82, 2.24) is 0 Å². The van der Waals surface area contributed by atoms with E-state index in [4.69, 9.17) is 23.7 Å². The Morgan fingerprint density at radius 1 is 0.676 bits per heavy atom. The van der Waals surface area contributed by atoms with Crippen molar-refractivity contribution in [2.24, 2.45) is 0 Å². The van der Waals surface area contributed by atoms with Gasteiger partial charge in [0.2, 0.25) is 11.5 Å². The minimum Gasteiger partial charge on any atom is -0.462 e. The van der Waals surface area contributed by atoms with Crippen molar-refractivity contribution >= 4 is 11.9 Å². The topological polar surface area (TPSA) is 83.6 Å². The maximum absolute atomic E-state index is 12.0. The van der Waals surface area contributed by atoms with Crippen LogP contribution >= 0.6 is 0 Å². The second-order valence-corrected chi connectivity index (χ2v) is 8.07. The molecule has 0 N–H and O–H groups in total. The molecule has 0 unspecified atom stereocenters. The van der Waals surface area contributed by atoms with E-state index in [1.54, 1.807) is 62.4 Å². The predicted molar refractivity (Wildman–Crippen MR) is 137 cm³/mol. The van der Waals surface area contributed by atoms with Gasteiger partial charge in [0.1, 0.15) is 11.5 Å². The van der Waals surface area contributed by atoms with E-state index in [2.05, 4.69) is 0 Å². The number of hydrogen-bond donors (Lipinski definition) is 0. The zero-order valence-electron chi connectivity index (χ0n) is 20.4. The molecule has 0 bridgehead atoms. The molecule has 5 rings (SSSR count). The number of carbonyl (C=O) groups excluding carboxylic acids is 2. The van der Waals surface area contributed by atoms with E-state index in [0.29, 0.717) is 58.8 Å². The Morgan fingerprint density at radius 2 is 1.19 bits per heavy atom. The number of esters is 2. The maximum atomic E-state index is 12.0. The third-order valence-corrected chi connectivity index (χ3v) is 5.58. The second-order valence-electron chi connectivity index (χ2n) is 8.07. The summed E-state index contributed by atoms with van der Waals surface area (Å²) in [7, 11) is 0. The van der Waals surface area contributed by atoms with Gasteiger partial charge in [0.05, 0.1) is 24.3 Å². The number of carbonyl (C=O) groups is 2. The van der Waals surface area contributed by atoms with Crippen LogP contribution in [0.1, 0.15) is 34.6 Å². The van der Waals surface area contributed by atoms with E-state index >= 15 is 0 Å². The molecule has 4 aromatic carbocycles. The third kappa shape index (κ3) is 5.26. The highest BCUT2D eigenvalue weighted by molar-refractivity contribution is 5.90. The average molecular weight is 497 g/mol. The number of hydrogen-bond acceptors (Lipinski definition) is 7. The Balaban J connectivity index is 1.50. The summed E-state index contributed by atoms with van der Waals surface area (Å²) < 4.78 is 28.4. The van der Waals surface area contributed by atoms with Crippen LogP contribution in [0.3, 0.4) is 0 Å². The first-order valence-corrected chi connectivity index (χ1v) is 11.9. The fraction of sp³-hybridized carbons (Fsp3) is 0.133. The van der Waals surface area contributed by atoms with Gasteiger partial charge in [0, 0.05) is 5.56 Å². The number of fused-ring (bicyclic) bond motifs is 1. The molecule has 4 aromatic rings. The normalized spacial score (nSPS) is 11.1. The molecular weight excluding hydrogens is 472 g/mol. The first-order valence-electron chi connectivity index (χ1n) is 11.9. The van der Waals surface area contributed by atoms with Crippen LogP contribution in [-0.2, 0) is 9.47 Å². The minimum atomic E-state index is -0.397. The molecular formula is C30H24O7. The molecule has 0 aliphatic carbocycles. The van der Waals surface area contributed by atoms with Crippen LogP contribution in [0.4, 0.5) is 0 Å². The lowest BCUT2D eigenvalue weighted by Crippen LogP contribution is -2.04. The highest BCUT2D eigenvalue weighted by Gasteiger charge is 2.34. The predicted octanol–water partition coefficient (Wildman–Crippen LogP) is 7.40. The Bertz CT molecular complexity index is 1430. The molecule has 1 aliphatic heterocycles. The smallest absolute Gasteiger partial charge is 0.338 e. The number of rotatable bonds is 9. The van der Waals surface area contributed by atoms with Crippen molar-refractivity contribution in [2.45, 2.75) is 13.8 Å². The summed E-state index contributed by atoms with van der Waals surface area (Å²) in [5.74, 6) is 2.36. The van der Waals surface area contributed by atoms with Gasteiger partial charge in [-0.25, -0.2) is 9.59 Å². The third-order valence-electron chi connectivity index (χ3n) is 5.58. The molecule has 0 saturated heterocycles. The van der Waals surface area contributed by atoms with E-state index in [9.17, 15) is 9.59 Å². The van der Waals surface area contributed by atoms with Gasteiger partial charge in [-0.15, -0.1) is 0 Å². The monoisotopic (exact) mass is 496 g/mol. The maximum Gasteiger partial charge on any atom is 0.338 e. The van der Waals surface area contributed by atoms with E-state index < -0.39 is 11.9 Å². The fourth-order valence-corrected chi connectivity index (χ4v) is 3.77. The molecule has 37 heavy (non-hydrogen) atoms. The van der Waals surface area contributed by atoms with Crippen LogP contribution in [0.5, 0.6) is 34.5 Å². The van der Waals surface area contributed by atoms with Crippen molar-refractivity contribution in [3.8, 4) is 45.6 Å². The van der Waals surface area contributed by atoms with Crippen LogP contribution < -0.4 is 14.2 Å². The average Bonchev–Trinajstić information content (AvgIpc) is 3.71. The van der Waals surface area contributed by atoms with E-state index in [-0.39, 0.29) is 0 Å². The van der Waals surface area contributed by atoms with Crippen LogP contribution in [0, 0.1) is 0 Å². The van der Waals surface area contributed by atoms with Crippen LogP contribution in [0.15, 0.2) is 84.9 Å². The summed E-state index contributed by atoms with van der Waals surface area (Å²) in [6, 6.07) is 25.0. The van der Waals surface area contributed by atoms with Gasteiger partial charge in [0.25, 0.3) is 0 Å². The molecule has 0 radical (unpaired) electrons. The van der Waals surface area contributed by atoms with Gasteiger partial charge in [-0.3, -0.25) is 0 Å². The van der Waals surface area contributed by atoms with Crippen molar-refractivity contribution in [3.05, 3.63) is 96.1 Å². The van der Waals surface area contributed by atoms with Gasteiger partial charge in [-0.1, -0.05) is 30.3 Å². The summed E-state index contributed by atoms with van der Waals surface area (Å²) in [4.78, 5) is 24.0. The Morgan fingerprint density at radius 3 is 1.70 bits per heavy atom. The van der Waals surface area contributed by atoms with E-state index in [1.807, 2.05) is 36.4 Å². The van der Waals surface area contributed by atoms with Gasteiger partial charge in [-0.2, -0.15) is 0 Å². The lowest BCUT2D eigenvalue weighted by Gasteiger charge is -2.15. The highest BCUT2D eigenvalue weighted by Crippen LogP contribution is 2.61. The molecule has 7 nitrogen and oxygen atoms in total. The van der Waals surface area contributed by atoms with Crippen molar-refractivity contribution < 1.29 is 33.3 Å². The Hall–Kier alpha value is -4.78. The van der Waals surface area contributed by atoms with Gasteiger partial charge in [0.15, 0.2) is 11.5 Å². The molecule has 1 heterocycles. The highest BCUT2D eigenvalue weighted by atomic mass is 16.6. The molecule has 0 aromatic heterocycles. The van der Waals surface area contributed by atoms with Crippen molar-refractivity contribution in [3.63, 3.8) is 0 Å². The zero-order chi connectivity index (χ0) is 25.8. The van der Waals surface area contributed by atoms with E-state index in [0.717, 1.165) is 11.1 Å². The lowest BCUT2D eigenvalue weighted by molar-refractivity contribution is 0.0516. The Labute approximate surface area is 214 Å². The molecule has 0 spiro atoms. The fourth-order valence-electron chi connectivity index (χ4n) is 3.77. The first kappa shape index (κ1) is 23.9. The Kier molecular flexibility index (Phi) is 6.76. The minimum absolute atomic E-state index is 0.300. The van der Waals surface area contributed by atoms with Crippen molar-refractivity contribution in [2.75, 3.05) is 13.2 Å². The molecule has 0 saturated carbocycles. The largest absolute Gasteiger partial charge is 0.462 e. The SMILES string of the molecule is CCOC(=O)c1ccc(Oc2c(-c3ccccc3)cc3c(c2Oc2ccc(C(=O)OCC)cc2)O3)cc1. The van der Waals surface area contributed by atoms with Gasteiger partial charge >= 0.3 is 11.9 Å². The number of benzene rings is 4. The van der Waals surface area contributed by atoms with Crippen LogP contribution in [0.2, 0.25) is 0 Å². The summed E-state index contributed by atoms with van der Waals surface area (Å²) in [6.07, 6.45) is 0. The molecule has 0 atom stereocenters. The summed E-state index contributed by atoms with van der Waals surface area (Å²) in [5.41, 5.74) is 2.56. The molecule has 186 valence electrons. The molecule has 0 amide bonds. The van der Waals surface area contributed by atoms with Crippen LogP contribution in [0.25, 0.3) is 11.1 Å². The summed E-state index contributed by atoms with van der Waals surface area (Å²) >= 11 is 0. The summed E-state index contributed by atoms with van der Waals surface area (Å²) in [6.45, 7) is 4.12. The van der Waals surface area contributed by atoms with Gasteiger partial charge in [-0.05, 0) is 74.0 Å². The lowest BCUT2D eigenvalue weighted by atomic mass is 10.0. The zero-order valence-corrected chi connectivity index (χ0v) is 20.4. The second kappa shape index (κ2) is 10.5. The standard InChI is InChI=1S/C30H24O7/c1-3-33-29(31)20-10-14-22(15-11-20)35-26-24(19-8-6-5-7-9-19)18-25-27(37-25)28(26)36-23-16-12-21(13-17-23)30(32)34-4-2/h5-18H,3-4H2,1-2H3. The summed E-state index contributed by atoms with van der Waals surface area (Å²) in [5, 5.41) is 0. The first-order chi connectivity index (χ1) is 18.1. The van der Waals surface area contributed by atoms with Gasteiger partial charge < -0.3 is 23.7 Å². The quantitative estimate of drug-likeness (QED) is 0.155.